The SMILES string of the molecule is CC/C=C\C/C=C\C/C=C\C/C=C\C/C=C\C/C=C\C/C=C\CCCC(=O)OCC(COC(=O)CCCCCCC/C=C\CCCCC)OC(=O)CCCCCCC/C=C\CCCCCC. The molecule has 0 aromatic carbocycles. The molecular weight excluding hydrogens is 817 g/mol. The molecule has 1 unspecified atom stereocenters. The van der Waals surface area contributed by atoms with Gasteiger partial charge in [-0.25, -0.2) is 0 Å². The van der Waals surface area contributed by atoms with Crippen LogP contribution in [0.2, 0.25) is 0 Å². The average Bonchev–Trinajstić information content (AvgIpc) is 3.31. The summed E-state index contributed by atoms with van der Waals surface area (Å²) in [5, 5.41) is 0. The average molecular weight is 915 g/mol. The quantitative estimate of drug-likeness (QED) is 0.0262. The van der Waals surface area contributed by atoms with Gasteiger partial charge in [-0.1, -0.05) is 201 Å². The molecule has 0 aliphatic carbocycles. The van der Waals surface area contributed by atoms with Gasteiger partial charge in [0, 0.05) is 19.3 Å². The lowest BCUT2D eigenvalue weighted by atomic mass is 10.1. The van der Waals surface area contributed by atoms with E-state index in [9.17, 15) is 14.4 Å². The molecule has 66 heavy (non-hydrogen) atoms. The van der Waals surface area contributed by atoms with Crippen LogP contribution in [-0.2, 0) is 28.6 Å². The molecule has 0 aliphatic rings. The highest BCUT2D eigenvalue weighted by Crippen LogP contribution is 2.13. The summed E-state index contributed by atoms with van der Waals surface area (Å²) in [5.41, 5.74) is 0. The monoisotopic (exact) mass is 915 g/mol. The summed E-state index contributed by atoms with van der Waals surface area (Å²) in [5.74, 6) is -0.989. The van der Waals surface area contributed by atoms with E-state index in [1.807, 2.05) is 0 Å². The van der Waals surface area contributed by atoms with E-state index in [0.29, 0.717) is 19.3 Å². The van der Waals surface area contributed by atoms with Crippen molar-refractivity contribution in [1.82, 2.24) is 0 Å². The van der Waals surface area contributed by atoms with E-state index in [-0.39, 0.29) is 37.5 Å². The lowest BCUT2D eigenvalue weighted by molar-refractivity contribution is -0.167. The largest absolute Gasteiger partial charge is 0.462 e. The molecule has 0 aliphatic heterocycles. The highest BCUT2D eigenvalue weighted by atomic mass is 16.6. The summed E-state index contributed by atoms with van der Waals surface area (Å²) in [6.07, 6.45) is 72.2. The lowest BCUT2D eigenvalue weighted by Gasteiger charge is -2.18. The Bertz CT molecular complexity index is 1370. The van der Waals surface area contributed by atoms with Gasteiger partial charge >= 0.3 is 17.9 Å². The summed E-state index contributed by atoms with van der Waals surface area (Å²) < 4.78 is 16.7. The molecule has 374 valence electrons. The number of hydrogen-bond acceptors (Lipinski definition) is 6. The molecular formula is C60H98O6. The third-order valence-electron chi connectivity index (χ3n) is 11.0. The molecule has 0 fully saturated rings. The Labute approximate surface area is 406 Å². The Kier molecular flexibility index (Phi) is 50.5. The van der Waals surface area contributed by atoms with Gasteiger partial charge in [0.2, 0.25) is 0 Å². The van der Waals surface area contributed by atoms with Crippen molar-refractivity contribution in [3.8, 4) is 0 Å². The van der Waals surface area contributed by atoms with E-state index >= 15 is 0 Å². The van der Waals surface area contributed by atoms with E-state index < -0.39 is 6.10 Å². The highest BCUT2D eigenvalue weighted by Gasteiger charge is 2.19. The van der Waals surface area contributed by atoms with Gasteiger partial charge in [0.05, 0.1) is 0 Å². The molecule has 0 saturated carbocycles. The fraction of sp³-hybridized carbons (Fsp3) is 0.650. The van der Waals surface area contributed by atoms with Crippen LogP contribution in [0, 0.1) is 0 Å². The molecule has 1 atom stereocenters. The van der Waals surface area contributed by atoms with Crippen molar-refractivity contribution in [1.29, 1.82) is 0 Å². The van der Waals surface area contributed by atoms with Crippen LogP contribution in [0.4, 0.5) is 0 Å². The summed E-state index contributed by atoms with van der Waals surface area (Å²) >= 11 is 0. The number of ether oxygens (including phenoxy) is 3. The minimum absolute atomic E-state index is 0.105. The van der Waals surface area contributed by atoms with Gasteiger partial charge in [-0.2, -0.15) is 0 Å². The summed E-state index contributed by atoms with van der Waals surface area (Å²) in [7, 11) is 0. The zero-order valence-electron chi connectivity index (χ0n) is 42.7. The Hall–Kier alpha value is -3.93. The third kappa shape index (κ3) is 51.1. The molecule has 6 nitrogen and oxygen atoms in total. The summed E-state index contributed by atoms with van der Waals surface area (Å²) in [4.78, 5) is 38.0. The van der Waals surface area contributed by atoms with Gasteiger partial charge in [-0.15, -0.1) is 0 Å². The summed E-state index contributed by atoms with van der Waals surface area (Å²) in [6.45, 7) is 6.41. The number of carbonyl (C=O) groups is 3. The first-order chi connectivity index (χ1) is 32.5. The molecule has 0 rings (SSSR count). The van der Waals surface area contributed by atoms with Gasteiger partial charge in [0.1, 0.15) is 13.2 Å². The van der Waals surface area contributed by atoms with Gasteiger partial charge in [-0.3, -0.25) is 14.4 Å². The highest BCUT2D eigenvalue weighted by molar-refractivity contribution is 5.71. The van der Waals surface area contributed by atoms with Gasteiger partial charge in [-0.05, 0) is 122 Å². The van der Waals surface area contributed by atoms with Crippen molar-refractivity contribution in [3.05, 3.63) is 109 Å². The van der Waals surface area contributed by atoms with Crippen molar-refractivity contribution in [3.63, 3.8) is 0 Å². The molecule has 0 saturated heterocycles. The fourth-order valence-corrected chi connectivity index (χ4v) is 6.95. The number of carbonyl (C=O) groups excluding carboxylic acids is 3. The van der Waals surface area contributed by atoms with E-state index in [1.165, 1.54) is 70.6 Å². The van der Waals surface area contributed by atoms with Crippen LogP contribution in [0.3, 0.4) is 0 Å². The normalized spacial score (nSPS) is 13.0. The Morgan fingerprint density at radius 1 is 0.318 bits per heavy atom. The van der Waals surface area contributed by atoms with Crippen LogP contribution < -0.4 is 0 Å². The van der Waals surface area contributed by atoms with E-state index in [4.69, 9.17) is 14.2 Å². The van der Waals surface area contributed by atoms with E-state index in [1.54, 1.807) is 0 Å². The van der Waals surface area contributed by atoms with Crippen molar-refractivity contribution in [2.45, 2.75) is 239 Å². The molecule has 0 N–H and O–H groups in total. The first-order valence-electron chi connectivity index (χ1n) is 26.9. The molecule has 0 aromatic rings. The maximum absolute atomic E-state index is 12.8. The standard InChI is InChI=1S/C60H98O6/c1-4-7-10-13-16-19-22-25-26-27-28-29-30-31-32-33-34-36-38-41-44-47-50-53-59(62)65-56-57(55-64-58(61)52-49-46-43-40-37-24-21-18-15-12-9-6-3)66-60(63)54-51-48-45-42-39-35-23-20-17-14-11-8-5-2/h7,10,16,18-21,23,25-26,28-29,31-32,34,36,41,44,57H,4-6,8-9,11-15,17,22,24,27,30,33,35,37-40,42-43,45-56H2,1-3H3/b10-7-,19-16-,21-18-,23-20-,26-25-,29-28-,32-31-,36-34-,44-41-. The van der Waals surface area contributed by atoms with Gasteiger partial charge < -0.3 is 14.2 Å². The van der Waals surface area contributed by atoms with E-state index in [2.05, 4.69) is 130 Å². The number of allylic oxidation sites excluding steroid dienone is 18. The predicted molar refractivity (Wildman–Crippen MR) is 283 cm³/mol. The molecule has 6 heteroatoms. The van der Waals surface area contributed by atoms with Crippen LogP contribution in [-0.4, -0.2) is 37.2 Å². The van der Waals surface area contributed by atoms with Crippen LogP contribution in [0.1, 0.15) is 233 Å². The second kappa shape index (κ2) is 53.7. The zero-order chi connectivity index (χ0) is 47.9. The second-order valence-electron chi connectivity index (χ2n) is 17.4. The van der Waals surface area contributed by atoms with Crippen molar-refractivity contribution >= 4 is 17.9 Å². The van der Waals surface area contributed by atoms with Crippen LogP contribution in [0.25, 0.3) is 0 Å². The Morgan fingerprint density at radius 2 is 0.606 bits per heavy atom. The third-order valence-corrected chi connectivity index (χ3v) is 11.0. The van der Waals surface area contributed by atoms with Crippen molar-refractivity contribution in [2.75, 3.05) is 13.2 Å². The molecule has 0 spiro atoms. The van der Waals surface area contributed by atoms with Crippen LogP contribution >= 0.6 is 0 Å². The van der Waals surface area contributed by atoms with Crippen LogP contribution in [0.5, 0.6) is 0 Å². The zero-order valence-corrected chi connectivity index (χ0v) is 42.7. The second-order valence-corrected chi connectivity index (χ2v) is 17.4. The smallest absolute Gasteiger partial charge is 0.306 e. The van der Waals surface area contributed by atoms with Gasteiger partial charge in [0.25, 0.3) is 0 Å². The molecule has 0 amide bonds. The molecule has 0 bridgehead atoms. The van der Waals surface area contributed by atoms with Crippen molar-refractivity contribution < 1.29 is 28.6 Å². The Balaban J connectivity index is 4.47. The van der Waals surface area contributed by atoms with Crippen molar-refractivity contribution in [2.24, 2.45) is 0 Å². The topological polar surface area (TPSA) is 78.9 Å². The minimum Gasteiger partial charge on any atom is -0.462 e. The minimum atomic E-state index is -0.810. The first kappa shape index (κ1) is 62.1. The van der Waals surface area contributed by atoms with E-state index in [0.717, 1.165) is 116 Å². The number of rotatable bonds is 47. The molecule has 0 aromatic heterocycles. The number of esters is 3. The molecule has 0 radical (unpaired) electrons. The number of hydrogen-bond donors (Lipinski definition) is 0. The maximum atomic E-state index is 12.8. The predicted octanol–water partition coefficient (Wildman–Crippen LogP) is 17.9. The fourth-order valence-electron chi connectivity index (χ4n) is 6.95. The Morgan fingerprint density at radius 3 is 1.03 bits per heavy atom. The maximum Gasteiger partial charge on any atom is 0.306 e. The first-order valence-corrected chi connectivity index (χ1v) is 26.9. The lowest BCUT2D eigenvalue weighted by Crippen LogP contribution is -2.30. The van der Waals surface area contributed by atoms with Crippen LogP contribution in [0.15, 0.2) is 109 Å². The summed E-state index contributed by atoms with van der Waals surface area (Å²) in [6, 6.07) is 0. The van der Waals surface area contributed by atoms with Gasteiger partial charge in [0.15, 0.2) is 6.10 Å². The molecule has 0 heterocycles. The number of unbranched alkanes of at least 4 members (excludes halogenated alkanes) is 18.